The van der Waals surface area contributed by atoms with E-state index in [0.29, 0.717) is 0 Å². The predicted molar refractivity (Wildman–Crippen MR) is 99.1 cm³/mol. The first-order chi connectivity index (χ1) is 11.2. The molecule has 0 nitrogen and oxygen atoms in total. The molecule has 0 atom stereocenters. The number of hydrogen-bond acceptors (Lipinski definition) is 0. The van der Waals surface area contributed by atoms with Crippen molar-refractivity contribution in [3.05, 3.63) is 106 Å². The molecule has 0 radical (unpaired) electrons. The minimum atomic E-state index is 1.01. The van der Waals surface area contributed by atoms with E-state index in [1.54, 1.807) is 0 Å². The minimum Gasteiger partial charge on any atom is -0.0613 e. The van der Waals surface area contributed by atoms with Crippen LogP contribution in [0.3, 0.4) is 0 Å². The van der Waals surface area contributed by atoms with Gasteiger partial charge in [0, 0.05) is 0 Å². The topological polar surface area (TPSA) is 0 Å². The van der Waals surface area contributed by atoms with Gasteiger partial charge in [-0.05, 0) is 54.0 Å². The second-order valence-corrected chi connectivity index (χ2v) is 6.33. The minimum absolute atomic E-state index is 1.01. The first-order valence-electron chi connectivity index (χ1n) is 8.44. The van der Waals surface area contributed by atoms with Crippen LogP contribution in [0.15, 0.2) is 72.8 Å². The van der Waals surface area contributed by atoms with Gasteiger partial charge >= 0.3 is 0 Å². The largest absolute Gasteiger partial charge is 0.0613 e. The third-order valence-corrected chi connectivity index (χ3v) is 4.39. The molecule has 23 heavy (non-hydrogen) atoms. The molecule has 0 aliphatic heterocycles. The third kappa shape index (κ3) is 4.32. The number of hydrogen-bond donors (Lipinski definition) is 0. The third-order valence-electron chi connectivity index (χ3n) is 4.39. The van der Waals surface area contributed by atoms with Gasteiger partial charge in [0.1, 0.15) is 0 Å². The molecule has 3 rings (SSSR count). The number of aryl methyl sites for hydroxylation is 2. The van der Waals surface area contributed by atoms with Gasteiger partial charge in [0.15, 0.2) is 0 Å². The molecule has 3 aromatic rings. The van der Waals surface area contributed by atoms with Crippen LogP contribution in [0, 0.1) is 6.92 Å². The summed E-state index contributed by atoms with van der Waals surface area (Å²) in [7, 11) is 0. The highest BCUT2D eigenvalue weighted by Gasteiger charge is 2.00. The van der Waals surface area contributed by atoms with E-state index < -0.39 is 0 Å². The van der Waals surface area contributed by atoms with Crippen molar-refractivity contribution in [3.8, 4) is 0 Å². The van der Waals surface area contributed by atoms with Crippen LogP contribution in [0.4, 0.5) is 0 Å². The Kier molecular flexibility index (Phi) is 4.92. The molecule has 3 aromatic carbocycles. The van der Waals surface area contributed by atoms with Crippen molar-refractivity contribution in [1.29, 1.82) is 0 Å². The summed E-state index contributed by atoms with van der Waals surface area (Å²) >= 11 is 0. The zero-order chi connectivity index (χ0) is 16.1. The van der Waals surface area contributed by atoms with E-state index in [4.69, 9.17) is 0 Å². The first kappa shape index (κ1) is 15.6. The summed E-state index contributed by atoms with van der Waals surface area (Å²) in [6.07, 6.45) is 3.12. The lowest BCUT2D eigenvalue weighted by molar-refractivity contribution is 1.11. The van der Waals surface area contributed by atoms with E-state index in [9.17, 15) is 0 Å². The summed E-state index contributed by atoms with van der Waals surface area (Å²) < 4.78 is 0. The van der Waals surface area contributed by atoms with E-state index in [1.807, 2.05) is 0 Å². The van der Waals surface area contributed by atoms with Crippen molar-refractivity contribution >= 4 is 0 Å². The monoisotopic (exact) mass is 300 g/mol. The van der Waals surface area contributed by atoms with Crippen molar-refractivity contribution < 1.29 is 0 Å². The highest BCUT2D eigenvalue weighted by Crippen LogP contribution is 2.15. The van der Waals surface area contributed by atoms with Gasteiger partial charge in [-0.2, -0.15) is 0 Å². The first-order valence-corrected chi connectivity index (χ1v) is 8.44. The molecule has 0 aromatic heterocycles. The van der Waals surface area contributed by atoms with Crippen molar-refractivity contribution in [3.63, 3.8) is 0 Å². The Bertz CT molecular complexity index is 732. The van der Waals surface area contributed by atoms with E-state index >= 15 is 0 Å². The molecule has 0 saturated heterocycles. The molecule has 0 aliphatic carbocycles. The van der Waals surface area contributed by atoms with Crippen molar-refractivity contribution in [2.75, 3.05) is 0 Å². The molecular formula is C23H24. The molecule has 0 fully saturated rings. The van der Waals surface area contributed by atoms with Crippen molar-refractivity contribution in [2.45, 2.75) is 33.1 Å². The lowest BCUT2D eigenvalue weighted by atomic mass is 9.99. The molecule has 0 aliphatic rings. The Morgan fingerprint density at radius 1 is 0.478 bits per heavy atom. The maximum atomic E-state index is 2.26. The van der Waals surface area contributed by atoms with Gasteiger partial charge in [0.05, 0.1) is 0 Å². The average molecular weight is 300 g/mol. The van der Waals surface area contributed by atoms with Crippen LogP contribution in [0.1, 0.15) is 40.3 Å². The molecule has 0 heterocycles. The number of benzene rings is 3. The molecule has 0 spiro atoms. The lowest BCUT2D eigenvalue weighted by Gasteiger charge is -2.06. The van der Waals surface area contributed by atoms with Crippen molar-refractivity contribution in [1.82, 2.24) is 0 Å². The quantitative estimate of drug-likeness (QED) is 0.563. The normalized spacial score (nSPS) is 10.7. The summed E-state index contributed by atoms with van der Waals surface area (Å²) in [6, 6.07) is 26.8. The summed E-state index contributed by atoms with van der Waals surface area (Å²) in [6.45, 7) is 4.33. The van der Waals surface area contributed by atoms with Crippen molar-refractivity contribution in [2.24, 2.45) is 0 Å². The van der Waals surface area contributed by atoms with E-state index in [2.05, 4.69) is 86.6 Å². The Hall–Kier alpha value is -2.34. The zero-order valence-electron chi connectivity index (χ0n) is 14.0. The average Bonchev–Trinajstić information content (AvgIpc) is 2.59. The highest BCUT2D eigenvalue weighted by molar-refractivity contribution is 5.33. The summed E-state index contributed by atoms with van der Waals surface area (Å²) in [5, 5.41) is 0. The Balaban J connectivity index is 1.65. The van der Waals surface area contributed by atoms with Gasteiger partial charge < -0.3 is 0 Å². The fraction of sp³-hybridized carbons (Fsp3) is 0.217. The molecule has 0 bridgehead atoms. The number of rotatable bonds is 5. The molecule has 0 unspecified atom stereocenters. The van der Waals surface area contributed by atoms with Crippen LogP contribution in [0.5, 0.6) is 0 Å². The van der Waals surface area contributed by atoms with Gasteiger partial charge in [0.25, 0.3) is 0 Å². The van der Waals surface area contributed by atoms with Crippen LogP contribution in [0.25, 0.3) is 0 Å². The second-order valence-electron chi connectivity index (χ2n) is 6.33. The molecule has 116 valence electrons. The van der Waals surface area contributed by atoms with Gasteiger partial charge in [0.2, 0.25) is 0 Å². The molecule has 0 N–H and O–H groups in total. The van der Waals surface area contributed by atoms with E-state index in [1.165, 1.54) is 33.4 Å². The predicted octanol–water partition coefficient (Wildman–Crippen LogP) is 5.74. The fourth-order valence-corrected chi connectivity index (χ4v) is 2.85. The Morgan fingerprint density at radius 2 is 0.783 bits per heavy atom. The highest BCUT2D eigenvalue weighted by atomic mass is 14.0. The summed E-state index contributed by atoms with van der Waals surface area (Å²) in [4.78, 5) is 0. The van der Waals surface area contributed by atoms with Crippen LogP contribution >= 0.6 is 0 Å². The lowest BCUT2D eigenvalue weighted by Crippen LogP contribution is -1.92. The van der Waals surface area contributed by atoms with Crippen LogP contribution in [-0.4, -0.2) is 0 Å². The maximum Gasteiger partial charge on any atom is -0.00258 e. The van der Waals surface area contributed by atoms with E-state index in [0.717, 1.165) is 19.3 Å². The SMILES string of the molecule is CCc1ccc(Cc2ccc(Cc3ccc(C)cc3)cc2)cc1. The van der Waals surface area contributed by atoms with Crippen LogP contribution in [-0.2, 0) is 19.3 Å². The fourth-order valence-electron chi connectivity index (χ4n) is 2.85. The second kappa shape index (κ2) is 7.28. The molecule has 0 amide bonds. The Morgan fingerprint density at radius 3 is 1.13 bits per heavy atom. The zero-order valence-corrected chi connectivity index (χ0v) is 14.0. The summed E-state index contributed by atoms with van der Waals surface area (Å²) in [5.74, 6) is 0. The molecule has 0 saturated carbocycles. The van der Waals surface area contributed by atoms with Gasteiger partial charge in [-0.15, -0.1) is 0 Å². The molecular weight excluding hydrogens is 276 g/mol. The maximum absolute atomic E-state index is 2.26. The Labute approximate surface area is 139 Å². The van der Waals surface area contributed by atoms with Gasteiger partial charge in [-0.1, -0.05) is 85.3 Å². The van der Waals surface area contributed by atoms with Gasteiger partial charge in [-0.25, -0.2) is 0 Å². The standard InChI is InChI=1S/C23H24/c1-3-19-8-10-21(11-9-19)17-23-14-12-22(13-15-23)16-20-6-4-18(2)5-7-20/h4-15H,3,16-17H2,1-2H3. The van der Waals surface area contributed by atoms with E-state index in [-0.39, 0.29) is 0 Å². The van der Waals surface area contributed by atoms with Gasteiger partial charge in [-0.3, -0.25) is 0 Å². The van der Waals surface area contributed by atoms with Crippen LogP contribution in [0.2, 0.25) is 0 Å². The summed E-state index contributed by atoms with van der Waals surface area (Å²) in [5.41, 5.74) is 8.23. The smallest absolute Gasteiger partial charge is 0.00258 e. The van der Waals surface area contributed by atoms with Crippen LogP contribution < -0.4 is 0 Å². The molecule has 0 heteroatoms.